The van der Waals surface area contributed by atoms with Crippen LogP contribution in [0.5, 0.6) is 5.75 Å². The van der Waals surface area contributed by atoms with Gasteiger partial charge < -0.3 is 10.5 Å². The Bertz CT molecular complexity index is 553. The van der Waals surface area contributed by atoms with Crippen molar-refractivity contribution in [3.63, 3.8) is 0 Å². The number of nitrogens with two attached hydrogens (primary N) is 1. The van der Waals surface area contributed by atoms with Crippen LogP contribution in [0.1, 0.15) is 51.3 Å². The maximum Gasteiger partial charge on any atom is 0.154 e. The van der Waals surface area contributed by atoms with Gasteiger partial charge in [-0.05, 0) is 37.5 Å². The first-order valence-corrected chi connectivity index (χ1v) is 9.32. The lowest BCUT2D eigenvalue weighted by Crippen LogP contribution is -2.16. The second-order valence-corrected chi connectivity index (χ2v) is 7.77. The third kappa shape index (κ3) is 5.67. The first kappa shape index (κ1) is 18.0. The van der Waals surface area contributed by atoms with Crippen molar-refractivity contribution in [2.75, 3.05) is 12.4 Å². The van der Waals surface area contributed by atoms with Gasteiger partial charge >= 0.3 is 0 Å². The molecular formula is C16H27NO3S. The van der Waals surface area contributed by atoms with Crippen molar-refractivity contribution in [2.45, 2.75) is 45.9 Å². The Balaban J connectivity index is 3.06. The maximum absolute atomic E-state index is 12.3. The molecule has 2 N–H and O–H groups in total. The van der Waals surface area contributed by atoms with Crippen LogP contribution in [-0.2, 0) is 15.6 Å². The molecule has 4 nitrogen and oxygen atoms in total. The highest BCUT2D eigenvalue weighted by molar-refractivity contribution is 7.90. The van der Waals surface area contributed by atoms with E-state index < -0.39 is 9.84 Å². The molecule has 0 radical (unpaired) electrons. The van der Waals surface area contributed by atoms with E-state index >= 15 is 0 Å². The molecule has 0 saturated carbocycles. The van der Waals surface area contributed by atoms with Crippen LogP contribution < -0.4 is 10.5 Å². The van der Waals surface area contributed by atoms with E-state index in [0.29, 0.717) is 17.9 Å². The molecule has 0 aliphatic rings. The van der Waals surface area contributed by atoms with Crippen molar-refractivity contribution in [1.82, 2.24) is 0 Å². The van der Waals surface area contributed by atoms with Gasteiger partial charge in [-0.1, -0.05) is 26.3 Å². The molecule has 2 unspecified atom stereocenters. The van der Waals surface area contributed by atoms with Gasteiger partial charge in [0.15, 0.2) is 9.84 Å². The lowest BCUT2D eigenvalue weighted by atomic mass is 10.1. The maximum atomic E-state index is 12.3. The minimum absolute atomic E-state index is 0.00718. The third-order valence-corrected chi connectivity index (χ3v) is 5.35. The SMILES string of the molecule is CCOc1ccc(C(C)N)cc1CS(=O)(=O)CC(C)CC. The van der Waals surface area contributed by atoms with Crippen LogP contribution in [0, 0.1) is 5.92 Å². The molecule has 1 aromatic rings. The zero-order valence-corrected chi connectivity index (χ0v) is 14.2. The van der Waals surface area contributed by atoms with E-state index in [4.69, 9.17) is 10.5 Å². The van der Waals surface area contributed by atoms with E-state index in [1.54, 1.807) is 0 Å². The summed E-state index contributed by atoms with van der Waals surface area (Å²) in [6.45, 7) is 8.24. The number of sulfone groups is 1. The summed E-state index contributed by atoms with van der Waals surface area (Å²) in [5, 5.41) is 0. The van der Waals surface area contributed by atoms with Crippen LogP contribution in [0.2, 0.25) is 0 Å². The first-order chi connectivity index (χ1) is 9.79. The summed E-state index contributed by atoms with van der Waals surface area (Å²) < 4.78 is 30.2. The lowest BCUT2D eigenvalue weighted by molar-refractivity contribution is 0.337. The van der Waals surface area contributed by atoms with Crippen LogP contribution in [0.25, 0.3) is 0 Å². The molecule has 0 bridgehead atoms. The van der Waals surface area contributed by atoms with Crippen molar-refractivity contribution in [2.24, 2.45) is 11.7 Å². The zero-order chi connectivity index (χ0) is 16.0. The molecule has 2 atom stereocenters. The Morgan fingerprint density at radius 1 is 1.24 bits per heavy atom. The average Bonchev–Trinajstić information content (AvgIpc) is 2.39. The molecule has 0 amide bonds. The highest BCUT2D eigenvalue weighted by Crippen LogP contribution is 2.25. The number of benzene rings is 1. The summed E-state index contributed by atoms with van der Waals surface area (Å²) >= 11 is 0. The monoisotopic (exact) mass is 313 g/mol. The summed E-state index contributed by atoms with van der Waals surface area (Å²) in [7, 11) is -3.15. The van der Waals surface area contributed by atoms with Gasteiger partial charge in [0, 0.05) is 11.6 Å². The fourth-order valence-corrected chi connectivity index (χ4v) is 4.06. The second-order valence-electron chi connectivity index (χ2n) is 5.66. The molecule has 0 fully saturated rings. The Morgan fingerprint density at radius 2 is 1.90 bits per heavy atom. The smallest absolute Gasteiger partial charge is 0.154 e. The molecular weight excluding hydrogens is 286 g/mol. The van der Waals surface area contributed by atoms with Gasteiger partial charge in [-0.25, -0.2) is 8.42 Å². The summed E-state index contributed by atoms with van der Waals surface area (Å²) in [4.78, 5) is 0. The van der Waals surface area contributed by atoms with E-state index in [-0.39, 0.29) is 23.5 Å². The van der Waals surface area contributed by atoms with E-state index in [1.165, 1.54) is 0 Å². The predicted molar refractivity (Wildman–Crippen MR) is 87.2 cm³/mol. The van der Waals surface area contributed by atoms with Crippen molar-refractivity contribution in [3.05, 3.63) is 29.3 Å². The number of rotatable bonds is 8. The third-order valence-electron chi connectivity index (χ3n) is 3.52. The number of ether oxygens (including phenoxy) is 1. The summed E-state index contributed by atoms with van der Waals surface area (Å²) in [6, 6.07) is 5.43. The predicted octanol–water partition coefficient (Wildman–Crippen LogP) is 3.07. The molecule has 0 spiro atoms. The van der Waals surface area contributed by atoms with Crippen LogP contribution in [-0.4, -0.2) is 20.8 Å². The molecule has 0 aliphatic carbocycles. The minimum Gasteiger partial charge on any atom is -0.494 e. The van der Waals surface area contributed by atoms with Crippen LogP contribution in [0.3, 0.4) is 0 Å². The van der Waals surface area contributed by atoms with Crippen molar-refractivity contribution < 1.29 is 13.2 Å². The lowest BCUT2D eigenvalue weighted by Gasteiger charge is -2.15. The van der Waals surface area contributed by atoms with Gasteiger partial charge in [0.25, 0.3) is 0 Å². The number of hydrogen-bond donors (Lipinski definition) is 1. The Morgan fingerprint density at radius 3 is 2.43 bits per heavy atom. The average molecular weight is 313 g/mol. The molecule has 21 heavy (non-hydrogen) atoms. The molecule has 120 valence electrons. The zero-order valence-electron chi connectivity index (χ0n) is 13.4. The Hall–Kier alpha value is -1.07. The van der Waals surface area contributed by atoms with E-state index in [0.717, 1.165) is 12.0 Å². The van der Waals surface area contributed by atoms with E-state index in [9.17, 15) is 8.42 Å². The van der Waals surface area contributed by atoms with Gasteiger partial charge in [-0.15, -0.1) is 0 Å². The summed E-state index contributed by atoms with van der Waals surface area (Å²) in [5.41, 5.74) is 7.51. The standard InChI is InChI=1S/C16H27NO3S/c1-5-12(3)10-21(18,19)11-15-9-14(13(4)17)7-8-16(15)20-6-2/h7-9,12-13H,5-6,10-11,17H2,1-4H3. The van der Waals surface area contributed by atoms with Crippen LogP contribution in [0.15, 0.2) is 18.2 Å². The molecule has 0 aliphatic heterocycles. The number of hydrogen-bond acceptors (Lipinski definition) is 4. The largest absolute Gasteiger partial charge is 0.494 e. The quantitative estimate of drug-likeness (QED) is 0.801. The fourth-order valence-electron chi connectivity index (χ4n) is 2.14. The normalized spacial score (nSPS) is 14.7. The second kappa shape index (κ2) is 7.80. The fraction of sp³-hybridized carbons (Fsp3) is 0.625. The van der Waals surface area contributed by atoms with Gasteiger partial charge in [-0.2, -0.15) is 0 Å². The molecule has 1 aromatic carbocycles. The van der Waals surface area contributed by atoms with Crippen molar-refractivity contribution in [3.8, 4) is 5.75 Å². The van der Waals surface area contributed by atoms with Gasteiger partial charge in [-0.3, -0.25) is 0 Å². The van der Waals surface area contributed by atoms with Crippen LogP contribution >= 0.6 is 0 Å². The molecule has 5 heteroatoms. The summed E-state index contributed by atoms with van der Waals surface area (Å²) in [5.74, 6) is 1.02. The van der Waals surface area contributed by atoms with Crippen molar-refractivity contribution >= 4 is 9.84 Å². The van der Waals surface area contributed by atoms with E-state index in [2.05, 4.69) is 0 Å². The topological polar surface area (TPSA) is 69.4 Å². The molecule has 0 heterocycles. The molecule has 1 rings (SSSR count). The molecule has 0 saturated heterocycles. The van der Waals surface area contributed by atoms with Gasteiger partial charge in [0.2, 0.25) is 0 Å². The highest BCUT2D eigenvalue weighted by atomic mass is 32.2. The van der Waals surface area contributed by atoms with Crippen molar-refractivity contribution in [1.29, 1.82) is 0 Å². The first-order valence-electron chi connectivity index (χ1n) is 7.50. The molecule has 0 aromatic heterocycles. The van der Waals surface area contributed by atoms with Gasteiger partial charge in [0.05, 0.1) is 18.1 Å². The highest BCUT2D eigenvalue weighted by Gasteiger charge is 2.19. The Labute approximate surface area is 128 Å². The minimum atomic E-state index is -3.15. The summed E-state index contributed by atoms with van der Waals surface area (Å²) in [6.07, 6.45) is 0.859. The Kier molecular flexibility index (Phi) is 6.68. The van der Waals surface area contributed by atoms with Crippen LogP contribution in [0.4, 0.5) is 0 Å². The van der Waals surface area contributed by atoms with Gasteiger partial charge in [0.1, 0.15) is 5.75 Å². The van der Waals surface area contributed by atoms with E-state index in [1.807, 2.05) is 45.9 Å².